The highest BCUT2D eigenvalue weighted by Gasteiger charge is 2.24. The summed E-state index contributed by atoms with van der Waals surface area (Å²) in [5.74, 6) is -0.473. The van der Waals surface area contributed by atoms with Crippen LogP contribution in [0, 0.1) is 5.82 Å². The fourth-order valence-corrected chi connectivity index (χ4v) is 3.77. The van der Waals surface area contributed by atoms with E-state index in [-0.39, 0.29) is 5.52 Å². The van der Waals surface area contributed by atoms with Gasteiger partial charge in [0.2, 0.25) is 0 Å². The Bertz CT molecular complexity index is 916. The third-order valence-electron chi connectivity index (χ3n) is 3.62. The minimum absolute atomic E-state index is 0.188. The molecule has 1 aliphatic carbocycles. The van der Waals surface area contributed by atoms with Crippen molar-refractivity contribution >= 4 is 67.6 Å². The molecule has 124 valence electrons. The van der Waals surface area contributed by atoms with Gasteiger partial charge in [-0.25, -0.2) is 9.37 Å². The van der Waals surface area contributed by atoms with Crippen LogP contribution in [0.15, 0.2) is 39.5 Å². The zero-order valence-electron chi connectivity index (χ0n) is 12.3. The predicted molar refractivity (Wildman–Crippen MR) is 101 cm³/mol. The average Bonchev–Trinajstić information content (AvgIpc) is 3.26. The molecule has 2 N–H and O–H groups in total. The van der Waals surface area contributed by atoms with Gasteiger partial charge in [-0.2, -0.15) is 0 Å². The summed E-state index contributed by atoms with van der Waals surface area (Å²) in [6, 6.07) is 7.13. The van der Waals surface area contributed by atoms with Crippen LogP contribution in [0.5, 0.6) is 0 Å². The highest BCUT2D eigenvalue weighted by Crippen LogP contribution is 2.40. The molecular formula is C16H12BrClFN3OS. The number of rotatable bonds is 5. The van der Waals surface area contributed by atoms with E-state index in [4.69, 9.17) is 16.0 Å². The number of nitrogens with one attached hydrogen (secondary N) is 2. The van der Waals surface area contributed by atoms with Crippen LogP contribution < -0.4 is 10.0 Å². The van der Waals surface area contributed by atoms with Crippen molar-refractivity contribution in [1.29, 1.82) is 0 Å². The maximum absolute atomic E-state index is 14.9. The lowest BCUT2D eigenvalue weighted by Gasteiger charge is -2.15. The van der Waals surface area contributed by atoms with E-state index in [0.717, 1.165) is 4.47 Å². The fourth-order valence-electron chi connectivity index (χ4n) is 2.22. The molecule has 0 bridgehead atoms. The van der Waals surface area contributed by atoms with Gasteiger partial charge in [-0.1, -0.05) is 27.5 Å². The molecule has 1 heterocycles. The van der Waals surface area contributed by atoms with E-state index in [0.29, 0.717) is 32.9 Å². The Morgan fingerprint density at radius 2 is 2.12 bits per heavy atom. The first-order valence-corrected chi connectivity index (χ1v) is 9.36. The first-order chi connectivity index (χ1) is 11.6. The number of fused-ring (bicyclic) bond motifs is 1. The number of nitrogens with zero attached hydrogens (tertiary/aromatic N) is 1. The summed E-state index contributed by atoms with van der Waals surface area (Å²) in [6.07, 6.45) is 3.58. The fraction of sp³-hybridized carbons (Fsp3) is 0.188. The zero-order valence-corrected chi connectivity index (χ0v) is 15.4. The molecule has 24 heavy (non-hydrogen) atoms. The van der Waals surface area contributed by atoms with E-state index in [1.807, 2.05) is 6.07 Å². The van der Waals surface area contributed by atoms with Gasteiger partial charge in [0.15, 0.2) is 17.8 Å². The highest BCUT2D eigenvalue weighted by molar-refractivity contribution is 9.10. The van der Waals surface area contributed by atoms with Gasteiger partial charge in [0.25, 0.3) is 0 Å². The van der Waals surface area contributed by atoms with Gasteiger partial charge < -0.3 is 14.5 Å². The Morgan fingerprint density at radius 1 is 1.29 bits per heavy atom. The molecule has 1 saturated carbocycles. The molecule has 1 fully saturated rings. The van der Waals surface area contributed by atoms with Crippen LogP contribution in [0.2, 0.25) is 5.02 Å². The van der Waals surface area contributed by atoms with Crippen molar-refractivity contribution < 1.29 is 8.81 Å². The Hall–Kier alpha value is -1.44. The van der Waals surface area contributed by atoms with Gasteiger partial charge in [0.1, 0.15) is 11.2 Å². The SMILES string of the molecule is Fc1c(Nc2ccc(Br)cc2Cl)c(NSC2CC2)cc2ocnc12. The molecule has 4 nitrogen and oxygen atoms in total. The Labute approximate surface area is 155 Å². The Balaban J connectivity index is 1.75. The summed E-state index contributed by atoms with van der Waals surface area (Å²) in [4.78, 5) is 3.95. The Kier molecular flexibility index (Phi) is 4.32. The monoisotopic (exact) mass is 427 g/mol. The van der Waals surface area contributed by atoms with E-state index in [1.165, 1.54) is 19.2 Å². The number of aromatic nitrogens is 1. The number of hydrogen-bond acceptors (Lipinski definition) is 5. The molecule has 4 rings (SSSR count). The molecular weight excluding hydrogens is 417 g/mol. The molecule has 2 aromatic carbocycles. The minimum atomic E-state index is -0.473. The van der Waals surface area contributed by atoms with Crippen LogP contribution in [-0.2, 0) is 0 Å². The molecule has 0 aliphatic heterocycles. The van der Waals surface area contributed by atoms with Crippen molar-refractivity contribution in [3.8, 4) is 0 Å². The van der Waals surface area contributed by atoms with Crippen LogP contribution in [0.25, 0.3) is 11.1 Å². The second-order valence-corrected chi connectivity index (χ2v) is 7.91. The first-order valence-electron chi connectivity index (χ1n) is 7.31. The van der Waals surface area contributed by atoms with Gasteiger partial charge in [-0.3, -0.25) is 0 Å². The number of benzene rings is 2. The highest BCUT2D eigenvalue weighted by atomic mass is 79.9. The van der Waals surface area contributed by atoms with Crippen molar-refractivity contribution in [3.63, 3.8) is 0 Å². The standard InChI is InChI=1S/C16H12BrClFN3OS/c17-8-1-4-11(10(18)5-8)21-15-12(22-24-9-2-3-9)6-13-16(14(15)19)20-7-23-13/h1,4-7,9,21-22H,2-3H2. The quantitative estimate of drug-likeness (QED) is 0.464. The minimum Gasteiger partial charge on any atom is -0.443 e. The lowest BCUT2D eigenvalue weighted by molar-refractivity contribution is 0.601. The van der Waals surface area contributed by atoms with Crippen molar-refractivity contribution in [2.75, 3.05) is 10.0 Å². The van der Waals surface area contributed by atoms with Crippen LogP contribution >= 0.6 is 39.5 Å². The maximum atomic E-state index is 14.9. The van der Waals surface area contributed by atoms with Gasteiger partial charge in [-0.05, 0) is 43.0 Å². The molecule has 8 heteroatoms. The number of hydrogen-bond donors (Lipinski definition) is 2. The van der Waals surface area contributed by atoms with Crippen molar-refractivity contribution in [1.82, 2.24) is 4.98 Å². The summed E-state index contributed by atoms with van der Waals surface area (Å²) < 4.78 is 24.2. The smallest absolute Gasteiger partial charge is 0.182 e. The van der Waals surface area contributed by atoms with E-state index >= 15 is 0 Å². The second kappa shape index (κ2) is 6.46. The number of halogens is 3. The van der Waals surface area contributed by atoms with Crippen LogP contribution in [0.1, 0.15) is 12.8 Å². The van der Waals surface area contributed by atoms with Gasteiger partial charge in [0.05, 0.1) is 16.4 Å². The molecule has 1 aliphatic rings. The van der Waals surface area contributed by atoms with E-state index in [9.17, 15) is 4.39 Å². The molecule has 0 saturated heterocycles. The lowest BCUT2D eigenvalue weighted by Crippen LogP contribution is -2.01. The lowest BCUT2D eigenvalue weighted by atomic mass is 10.2. The van der Waals surface area contributed by atoms with Gasteiger partial charge in [-0.15, -0.1) is 0 Å². The topological polar surface area (TPSA) is 50.1 Å². The summed E-state index contributed by atoms with van der Waals surface area (Å²) in [7, 11) is 0. The van der Waals surface area contributed by atoms with Crippen molar-refractivity contribution in [2.45, 2.75) is 18.1 Å². The molecule has 0 radical (unpaired) electrons. The molecule has 0 spiro atoms. The summed E-state index contributed by atoms with van der Waals surface area (Å²) in [6.45, 7) is 0. The predicted octanol–water partition coefficient (Wildman–Crippen LogP) is 6.35. The van der Waals surface area contributed by atoms with E-state index in [1.54, 1.807) is 30.1 Å². The van der Waals surface area contributed by atoms with Crippen LogP contribution in [-0.4, -0.2) is 10.2 Å². The molecule has 0 atom stereocenters. The van der Waals surface area contributed by atoms with Crippen LogP contribution in [0.3, 0.4) is 0 Å². The third kappa shape index (κ3) is 3.20. The van der Waals surface area contributed by atoms with E-state index in [2.05, 4.69) is 31.0 Å². The van der Waals surface area contributed by atoms with Gasteiger partial charge in [0, 0.05) is 15.8 Å². The maximum Gasteiger partial charge on any atom is 0.182 e. The normalized spacial score (nSPS) is 14.1. The average molecular weight is 429 g/mol. The van der Waals surface area contributed by atoms with Crippen molar-refractivity contribution in [2.24, 2.45) is 0 Å². The van der Waals surface area contributed by atoms with Crippen LogP contribution in [0.4, 0.5) is 21.5 Å². The molecule has 0 unspecified atom stereocenters. The first kappa shape index (κ1) is 16.1. The molecule has 3 aromatic rings. The zero-order chi connectivity index (χ0) is 16.7. The largest absolute Gasteiger partial charge is 0.443 e. The third-order valence-corrected chi connectivity index (χ3v) is 5.57. The summed E-state index contributed by atoms with van der Waals surface area (Å²) >= 11 is 11.2. The number of anilines is 3. The number of oxazole rings is 1. The van der Waals surface area contributed by atoms with Gasteiger partial charge >= 0.3 is 0 Å². The second-order valence-electron chi connectivity index (χ2n) is 5.48. The summed E-state index contributed by atoms with van der Waals surface area (Å²) in [5.41, 5.74) is 2.11. The molecule has 1 aromatic heterocycles. The van der Waals surface area contributed by atoms with Crippen molar-refractivity contribution in [3.05, 3.63) is 46.0 Å². The molecule has 0 amide bonds. The van der Waals surface area contributed by atoms with E-state index < -0.39 is 5.82 Å². The Morgan fingerprint density at radius 3 is 2.88 bits per heavy atom. The summed E-state index contributed by atoms with van der Waals surface area (Å²) in [5, 5.41) is 4.14.